The first-order valence-corrected chi connectivity index (χ1v) is 7.44. The third-order valence-corrected chi connectivity index (χ3v) is 4.47. The van der Waals surface area contributed by atoms with Crippen LogP contribution < -0.4 is 10.1 Å². The Morgan fingerprint density at radius 1 is 1.14 bits per heavy atom. The molecule has 0 unspecified atom stereocenters. The van der Waals surface area contributed by atoms with E-state index < -0.39 is 0 Å². The number of fused-ring (bicyclic) bond motifs is 1. The second-order valence-corrected chi connectivity index (χ2v) is 5.64. The molecule has 112 valence electrons. The lowest BCUT2D eigenvalue weighted by atomic mass is 9.81. The Morgan fingerprint density at radius 3 is 2.38 bits per heavy atom. The maximum Gasteiger partial charge on any atom is 0.234 e. The predicted molar refractivity (Wildman–Crippen MR) is 78.8 cm³/mol. The van der Waals surface area contributed by atoms with E-state index in [1.165, 1.54) is 4.90 Å². The van der Waals surface area contributed by atoms with Crippen molar-refractivity contribution in [3.8, 4) is 5.75 Å². The second-order valence-electron chi connectivity index (χ2n) is 5.64. The van der Waals surface area contributed by atoms with Crippen molar-refractivity contribution in [1.29, 1.82) is 0 Å². The van der Waals surface area contributed by atoms with E-state index in [1.807, 2.05) is 24.3 Å². The molecule has 2 amide bonds. The fourth-order valence-electron chi connectivity index (χ4n) is 3.34. The summed E-state index contributed by atoms with van der Waals surface area (Å²) in [5.41, 5.74) is 0.787. The smallest absolute Gasteiger partial charge is 0.234 e. The monoisotopic (exact) mass is 288 g/mol. The molecule has 2 atom stereocenters. The molecule has 2 aliphatic rings. The number of imide groups is 1. The molecule has 0 spiro atoms. The number of likely N-dealkylation sites (tertiary alicyclic amines) is 1. The van der Waals surface area contributed by atoms with Gasteiger partial charge in [0.25, 0.3) is 0 Å². The van der Waals surface area contributed by atoms with Gasteiger partial charge < -0.3 is 10.1 Å². The zero-order valence-electron chi connectivity index (χ0n) is 12.2. The highest BCUT2D eigenvalue weighted by Gasteiger charge is 2.47. The molecule has 1 saturated heterocycles. The first-order valence-electron chi connectivity index (χ1n) is 7.44. The minimum absolute atomic E-state index is 0.0212. The molecule has 3 rings (SSSR count). The van der Waals surface area contributed by atoms with Crippen molar-refractivity contribution in [1.82, 2.24) is 4.90 Å². The molecule has 1 aromatic carbocycles. The SMILES string of the molecule is COc1ccccc1NCN1C(=O)[C@@H]2CCCC[C@H]2C1=O. The zero-order valence-corrected chi connectivity index (χ0v) is 12.2. The molecule has 1 N–H and O–H groups in total. The Morgan fingerprint density at radius 2 is 1.76 bits per heavy atom. The van der Waals surface area contributed by atoms with Crippen LogP contribution in [0.5, 0.6) is 5.75 Å². The molecule has 0 radical (unpaired) electrons. The first-order chi connectivity index (χ1) is 10.2. The Hall–Kier alpha value is -2.04. The number of ether oxygens (including phenoxy) is 1. The van der Waals surface area contributed by atoms with Crippen molar-refractivity contribution in [2.45, 2.75) is 25.7 Å². The standard InChI is InChI=1S/C16H20N2O3/c1-21-14-9-5-4-8-13(14)17-10-18-15(19)11-6-2-3-7-12(11)16(18)20/h4-5,8-9,11-12,17H,2-3,6-7,10H2,1H3/t11-,12-/m1/s1. The van der Waals surface area contributed by atoms with Gasteiger partial charge in [-0.15, -0.1) is 0 Å². The number of nitrogens with zero attached hydrogens (tertiary/aromatic N) is 1. The third-order valence-electron chi connectivity index (χ3n) is 4.47. The fourth-order valence-corrected chi connectivity index (χ4v) is 3.34. The second kappa shape index (κ2) is 5.76. The van der Waals surface area contributed by atoms with Gasteiger partial charge >= 0.3 is 0 Å². The van der Waals surface area contributed by atoms with Crippen LogP contribution in [0, 0.1) is 11.8 Å². The molecular weight excluding hydrogens is 268 g/mol. The molecule has 0 aromatic heterocycles. The molecule has 1 aromatic rings. The average Bonchev–Trinajstić information content (AvgIpc) is 2.78. The number of hydrogen-bond donors (Lipinski definition) is 1. The molecule has 5 heteroatoms. The van der Waals surface area contributed by atoms with Gasteiger partial charge in [-0.25, -0.2) is 0 Å². The van der Waals surface area contributed by atoms with Gasteiger partial charge in [-0.3, -0.25) is 14.5 Å². The van der Waals surface area contributed by atoms with Crippen molar-refractivity contribution in [3.05, 3.63) is 24.3 Å². The number of rotatable bonds is 4. The van der Waals surface area contributed by atoms with Crippen LogP contribution in [0.2, 0.25) is 0 Å². The number of nitrogens with one attached hydrogen (secondary N) is 1. The van der Waals surface area contributed by atoms with Crippen LogP contribution in [0.4, 0.5) is 5.69 Å². The largest absolute Gasteiger partial charge is 0.495 e. The van der Waals surface area contributed by atoms with Crippen molar-refractivity contribution >= 4 is 17.5 Å². The van der Waals surface area contributed by atoms with Crippen LogP contribution in [0.3, 0.4) is 0 Å². The number of anilines is 1. The van der Waals surface area contributed by atoms with Crippen LogP contribution in [-0.2, 0) is 9.59 Å². The highest BCUT2D eigenvalue weighted by molar-refractivity contribution is 6.05. The summed E-state index contributed by atoms with van der Waals surface area (Å²) in [4.78, 5) is 26.1. The van der Waals surface area contributed by atoms with Crippen LogP contribution in [0.1, 0.15) is 25.7 Å². The number of carbonyl (C=O) groups excluding carboxylic acids is 2. The first kappa shape index (κ1) is 13.9. The lowest BCUT2D eigenvalue weighted by molar-refractivity contribution is -0.139. The van der Waals surface area contributed by atoms with Gasteiger partial charge in [0.15, 0.2) is 0 Å². The predicted octanol–water partition coefficient (Wildman–Crippen LogP) is 2.24. The summed E-state index contributed by atoms with van der Waals surface area (Å²) in [6.45, 7) is 0.213. The maximum absolute atomic E-state index is 12.4. The molecule has 1 heterocycles. The van der Waals surface area contributed by atoms with Gasteiger partial charge in [0.1, 0.15) is 5.75 Å². The summed E-state index contributed by atoms with van der Waals surface area (Å²) in [5.74, 6) is 0.477. The van der Waals surface area contributed by atoms with Crippen molar-refractivity contribution < 1.29 is 14.3 Å². The van der Waals surface area contributed by atoms with Crippen LogP contribution in [0.25, 0.3) is 0 Å². The van der Waals surface area contributed by atoms with E-state index in [0.717, 1.165) is 31.4 Å². The van der Waals surface area contributed by atoms with Crippen LogP contribution >= 0.6 is 0 Å². The Bertz CT molecular complexity index is 534. The third kappa shape index (κ3) is 2.48. The zero-order chi connectivity index (χ0) is 14.8. The van der Waals surface area contributed by atoms with Crippen LogP contribution in [0.15, 0.2) is 24.3 Å². The summed E-state index contributed by atoms with van der Waals surface area (Å²) < 4.78 is 5.26. The van der Waals surface area contributed by atoms with Crippen molar-refractivity contribution in [2.24, 2.45) is 11.8 Å². The van der Waals surface area contributed by atoms with Gasteiger partial charge in [0.05, 0.1) is 31.3 Å². The van der Waals surface area contributed by atoms with Gasteiger partial charge in [-0.2, -0.15) is 0 Å². The van der Waals surface area contributed by atoms with E-state index in [1.54, 1.807) is 7.11 Å². The summed E-state index contributed by atoms with van der Waals surface area (Å²) in [7, 11) is 1.60. The number of carbonyl (C=O) groups is 2. The fraction of sp³-hybridized carbons (Fsp3) is 0.500. The number of hydrogen-bond acceptors (Lipinski definition) is 4. The molecule has 2 fully saturated rings. The van der Waals surface area contributed by atoms with E-state index in [0.29, 0.717) is 5.75 Å². The Kier molecular flexibility index (Phi) is 3.82. The minimum Gasteiger partial charge on any atom is -0.495 e. The minimum atomic E-state index is -0.0919. The molecule has 1 aliphatic heterocycles. The molecule has 1 saturated carbocycles. The van der Waals surface area contributed by atoms with Crippen molar-refractivity contribution in [3.63, 3.8) is 0 Å². The number of para-hydroxylation sites is 2. The summed E-state index contributed by atoms with van der Waals surface area (Å²) in [6, 6.07) is 7.48. The van der Waals surface area contributed by atoms with Gasteiger partial charge in [-0.1, -0.05) is 25.0 Å². The molecule has 1 aliphatic carbocycles. The number of methoxy groups -OCH3 is 1. The van der Waals surface area contributed by atoms with Gasteiger partial charge in [-0.05, 0) is 25.0 Å². The maximum atomic E-state index is 12.4. The number of benzene rings is 1. The lowest BCUT2D eigenvalue weighted by Crippen LogP contribution is -2.35. The van der Waals surface area contributed by atoms with Gasteiger partial charge in [0.2, 0.25) is 11.8 Å². The lowest BCUT2D eigenvalue weighted by Gasteiger charge is -2.19. The number of amides is 2. The quantitative estimate of drug-likeness (QED) is 0.863. The van der Waals surface area contributed by atoms with E-state index in [2.05, 4.69) is 5.32 Å². The summed E-state index contributed by atoms with van der Waals surface area (Å²) >= 11 is 0. The van der Waals surface area contributed by atoms with E-state index in [4.69, 9.17) is 4.74 Å². The molecule has 0 bridgehead atoms. The van der Waals surface area contributed by atoms with E-state index >= 15 is 0 Å². The van der Waals surface area contributed by atoms with E-state index in [9.17, 15) is 9.59 Å². The van der Waals surface area contributed by atoms with Gasteiger partial charge in [0, 0.05) is 0 Å². The highest BCUT2D eigenvalue weighted by Crippen LogP contribution is 2.38. The molecule has 5 nitrogen and oxygen atoms in total. The summed E-state index contributed by atoms with van der Waals surface area (Å²) in [6.07, 6.45) is 3.79. The Labute approximate surface area is 124 Å². The van der Waals surface area contributed by atoms with Crippen molar-refractivity contribution in [2.75, 3.05) is 19.1 Å². The Balaban J connectivity index is 1.70. The average molecular weight is 288 g/mol. The highest BCUT2D eigenvalue weighted by atomic mass is 16.5. The van der Waals surface area contributed by atoms with Crippen LogP contribution in [-0.4, -0.2) is 30.5 Å². The molecule has 21 heavy (non-hydrogen) atoms. The topological polar surface area (TPSA) is 58.6 Å². The normalized spacial score (nSPS) is 24.9. The van der Waals surface area contributed by atoms with E-state index in [-0.39, 0.29) is 30.3 Å². The molecular formula is C16H20N2O3. The summed E-state index contributed by atoms with van der Waals surface area (Å²) in [5, 5.41) is 3.14.